The summed E-state index contributed by atoms with van der Waals surface area (Å²) in [7, 11) is -2.12. The van der Waals surface area contributed by atoms with Gasteiger partial charge in [0.1, 0.15) is 0 Å². The minimum Gasteiger partial charge on any atom is -0.399 e. The first-order chi connectivity index (χ1) is 11.7. The van der Waals surface area contributed by atoms with Crippen molar-refractivity contribution < 1.29 is 9.31 Å². The molecule has 2 heterocycles. The van der Waals surface area contributed by atoms with Gasteiger partial charge in [-0.2, -0.15) is 0 Å². The predicted octanol–water partition coefficient (Wildman–Crippen LogP) is 5.56. The topological polar surface area (TPSA) is 23.4 Å². The molecule has 3 nitrogen and oxygen atoms in total. The Morgan fingerprint density at radius 2 is 1.58 bits per heavy atom. The lowest BCUT2D eigenvalue weighted by atomic mass is 9.79. The highest BCUT2D eigenvalue weighted by Gasteiger charge is 2.53. The zero-order chi connectivity index (χ0) is 19.7. The van der Waals surface area contributed by atoms with Gasteiger partial charge < -0.3 is 13.5 Å². The van der Waals surface area contributed by atoms with E-state index < -0.39 is 8.24 Å². The summed E-state index contributed by atoms with van der Waals surface area (Å²) in [6, 6.07) is 6.51. The standard InChI is InChI=1S/C20H31BBrNO2Si/c1-18(2,3)26(8,9)23-13-16(15-11-10-14(22)12-17(15)23)21-24-19(4,5)20(6,7)25-21/h10-13H,1-9H3. The number of benzene rings is 1. The molecule has 0 N–H and O–H groups in total. The number of hydrogen-bond acceptors (Lipinski definition) is 2. The largest absolute Gasteiger partial charge is 0.497 e. The Bertz CT molecular complexity index is 835. The lowest BCUT2D eigenvalue weighted by molar-refractivity contribution is 0.00578. The summed E-state index contributed by atoms with van der Waals surface area (Å²) in [5, 5.41) is 1.45. The Kier molecular flexibility index (Phi) is 4.63. The molecule has 0 unspecified atom stereocenters. The van der Waals surface area contributed by atoms with Gasteiger partial charge in [0.05, 0.1) is 11.2 Å². The molecule has 3 rings (SSSR count). The average molecular weight is 436 g/mol. The van der Waals surface area contributed by atoms with Crippen LogP contribution in [0.4, 0.5) is 0 Å². The molecule has 0 atom stereocenters. The molecule has 0 radical (unpaired) electrons. The minimum atomic E-state index is -1.79. The van der Waals surface area contributed by atoms with Crippen molar-refractivity contribution in [3.05, 3.63) is 28.9 Å². The molecule has 26 heavy (non-hydrogen) atoms. The van der Waals surface area contributed by atoms with Gasteiger partial charge in [-0.3, -0.25) is 0 Å². The van der Waals surface area contributed by atoms with Crippen LogP contribution in [0.15, 0.2) is 28.9 Å². The minimum absolute atomic E-state index is 0.231. The summed E-state index contributed by atoms with van der Waals surface area (Å²) in [6.45, 7) is 20.3. The Morgan fingerprint density at radius 3 is 2.08 bits per heavy atom. The van der Waals surface area contributed by atoms with Gasteiger partial charge in [-0.1, -0.05) is 55.9 Å². The van der Waals surface area contributed by atoms with Crippen molar-refractivity contribution in [2.45, 2.75) is 77.8 Å². The lowest BCUT2D eigenvalue weighted by Crippen LogP contribution is -2.45. The van der Waals surface area contributed by atoms with E-state index in [1.54, 1.807) is 0 Å². The Hall–Kier alpha value is -0.558. The summed E-state index contributed by atoms with van der Waals surface area (Å²) in [4.78, 5) is 0. The SMILES string of the molecule is CC1(C)OB(c2cn([Si](C)(C)C(C)(C)C)c3cc(Br)ccc23)OC1(C)C. The van der Waals surface area contributed by atoms with E-state index >= 15 is 0 Å². The maximum Gasteiger partial charge on any atom is 0.497 e. The highest BCUT2D eigenvalue weighted by Crippen LogP contribution is 2.41. The van der Waals surface area contributed by atoms with Gasteiger partial charge in [-0.25, -0.2) is 0 Å². The Balaban J connectivity index is 2.21. The zero-order valence-electron chi connectivity index (χ0n) is 17.5. The first-order valence-corrected chi connectivity index (χ1v) is 13.1. The normalized spacial score (nSPS) is 20.2. The Morgan fingerprint density at radius 1 is 1.04 bits per heavy atom. The van der Waals surface area contributed by atoms with Gasteiger partial charge in [0.15, 0.2) is 8.24 Å². The van der Waals surface area contributed by atoms with Crippen LogP contribution in [0, 0.1) is 0 Å². The van der Waals surface area contributed by atoms with Crippen molar-refractivity contribution in [1.29, 1.82) is 0 Å². The van der Waals surface area contributed by atoms with Gasteiger partial charge in [-0.15, -0.1) is 0 Å². The van der Waals surface area contributed by atoms with E-state index in [2.05, 4.69) is 106 Å². The third-order valence-electron chi connectivity index (χ3n) is 6.74. The fourth-order valence-corrected chi connectivity index (χ4v) is 5.53. The number of aromatic nitrogens is 1. The predicted molar refractivity (Wildman–Crippen MR) is 118 cm³/mol. The van der Waals surface area contributed by atoms with Gasteiger partial charge in [-0.05, 0) is 56.4 Å². The first-order valence-electron chi connectivity index (χ1n) is 9.34. The van der Waals surface area contributed by atoms with Crippen LogP contribution in [0.3, 0.4) is 0 Å². The molecule has 0 aliphatic carbocycles. The monoisotopic (exact) mass is 435 g/mol. The quantitative estimate of drug-likeness (QED) is 0.576. The molecule has 142 valence electrons. The summed E-state index contributed by atoms with van der Waals surface area (Å²) >= 11 is 3.65. The molecule has 0 amide bonds. The van der Waals surface area contributed by atoms with E-state index in [-0.39, 0.29) is 23.4 Å². The fourth-order valence-electron chi connectivity index (χ4n) is 3.21. The van der Waals surface area contributed by atoms with E-state index in [4.69, 9.17) is 9.31 Å². The zero-order valence-corrected chi connectivity index (χ0v) is 20.1. The van der Waals surface area contributed by atoms with Crippen LogP contribution < -0.4 is 5.46 Å². The molecule has 1 fully saturated rings. The van der Waals surface area contributed by atoms with E-state index in [1.165, 1.54) is 10.9 Å². The lowest BCUT2D eigenvalue weighted by Gasteiger charge is -2.38. The van der Waals surface area contributed by atoms with Crippen molar-refractivity contribution in [1.82, 2.24) is 4.23 Å². The van der Waals surface area contributed by atoms with Gasteiger partial charge in [0.2, 0.25) is 0 Å². The highest BCUT2D eigenvalue weighted by atomic mass is 79.9. The van der Waals surface area contributed by atoms with Crippen LogP contribution in [0.1, 0.15) is 48.5 Å². The van der Waals surface area contributed by atoms with E-state index in [1.807, 2.05) is 0 Å². The van der Waals surface area contributed by atoms with E-state index in [0.29, 0.717) is 0 Å². The number of rotatable bonds is 2. The molecule has 1 aliphatic heterocycles. The second kappa shape index (κ2) is 5.97. The van der Waals surface area contributed by atoms with E-state index in [9.17, 15) is 0 Å². The second-order valence-corrected chi connectivity index (χ2v) is 16.0. The third-order valence-corrected chi connectivity index (χ3v) is 12.5. The van der Waals surface area contributed by atoms with Crippen LogP contribution in [0.25, 0.3) is 10.9 Å². The van der Waals surface area contributed by atoms with Crippen molar-refractivity contribution in [2.75, 3.05) is 0 Å². The maximum absolute atomic E-state index is 6.37. The maximum atomic E-state index is 6.37. The molecule has 1 aromatic carbocycles. The molecule has 1 aliphatic rings. The third kappa shape index (κ3) is 3.03. The van der Waals surface area contributed by atoms with E-state index in [0.717, 1.165) is 9.94 Å². The van der Waals surface area contributed by atoms with Crippen molar-refractivity contribution in [3.8, 4) is 0 Å². The van der Waals surface area contributed by atoms with Gasteiger partial charge in [0.25, 0.3) is 0 Å². The molecule has 1 saturated heterocycles. The molecule has 0 spiro atoms. The molecular formula is C20H31BBrNO2Si. The summed E-state index contributed by atoms with van der Waals surface area (Å²) in [6.07, 6.45) is 2.29. The number of halogens is 1. The number of fused-ring (bicyclic) bond motifs is 1. The van der Waals surface area contributed by atoms with Crippen LogP contribution in [0.5, 0.6) is 0 Å². The highest BCUT2D eigenvalue weighted by molar-refractivity contribution is 9.10. The Labute approximate surface area is 167 Å². The molecular weight excluding hydrogens is 405 g/mol. The van der Waals surface area contributed by atoms with Gasteiger partial charge >= 0.3 is 7.12 Å². The molecule has 6 heteroatoms. The van der Waals surface area contributed by atoms with Crippen molar-refractivity contribution >= 4 is 47.6 Å². The molecule has 0 bridgehead atoms. The van der Waals surface area contributed by atoms with Crippen LogP contribution in [-0.2, 0) is 9.31 Å². The summed E-state index contributed by atoms with van der Waals surface area (Å²) in [5.74, 6) is 0. The number of hydrogen-bond donors (Lipinski definition) is 0. The first kappa shape index (κ1) is 20.2. The van der Waals surface area contributed by atoms with Crippen LogP contribution >= 0.6 is 15.9 Å². The van der Waals surface area contributed by atoms with Crippen molar-refractivity contribution in [3.63, 3.8) is 0 Å². The average Bonchev–Trinajstić information content (AvgIpc) is 2.92. The molecule has 1 aromatic heterocycles. The van der Waals surface area contributed by atoms with Gasteiger partial charge in [0, 0.05) is 15.5 Å². The fraction of sp³-hybridized carbons (Fsp3) is 0.600. The summed E-state index contributed by atoms with van der Waals surface area (Å²) < 4.78 is 16.4. The number of nitrogens with zero attached hydrogens (tertiary/aromatic N) is 1. The van der Waals surface area contributed by atoms with Crippen LogP contribution in [-0.4, -0.2) is 30.8 Å². The smallest absolute Gasteiger partial charge is 0.399 e. The second-order valence-electron chi connectivity index (χ2n) is 10.0. The van der Waals surface area contributed by atoms with Crippen LogP contribution in [0.2, 0.25) is 18.1 Å². The van der Waals surface area contributed by atoms with Crippen molar-refractivity contribution in [2.24, 2.45) is 0 Å². The molecule has 2 aromatic rings. The molecule has 0 saturated carbocycles. The summed E-state index contributed by atoms with van der Waals surface area (Å²) in [5.41, 5.74) is 1.73.